The molecule has 0 aliphatic heterocycles. The number of esters is 2. The van der Waals surface area contributed by atoms with Gasteiger partial charge in [-0.3, -0.25) is 9.59 Å². The van der Waals surface area contributed by atoms with E-state index in [2.05, 4.69) is 53.7 Å². The second-order valence-electron chi connectivity index (χ2n) is 13.6. The predicted octanol–water partition coefficient (Wildman–Crippen LogP) is 7.81. The Hall–Kier alpha value is -1.58. The van der Waals surface area contributed by atoms with Gasteiger partial charge in [0.1, 0.15) is 11.7 Å². The fourth-order valence-corrected chi connectivity index (χ4v) is 8.63. The molecule has 0 saturated heterocycles. The van der Waals surface area contributed by atoms with Crippen LogP contribution in [0.4, 0.5) is 0 Å². The largest absolute Gasteiger partial charge is 0.462 e. The van der Waals surface area contributed by atoms with Crippen molar-refractivity contribution in [3.63, 3.8) is 0 Å². The van der Waals surface area contributed by atoms with Crippen LogP contribution in [0.3, 0.4) is 0 Å². The monoisotopic (exact) mass is 498 g/mol. The van der Waals surface area contributed by atoms with Crippen LogP contribution >= 0.6 is 0 Å². The summed E-state index contributed by atoms with van der Waals surface area (Å²) in [4.78, 5) is 24.0. The lowest BCUT2D eigenvalue weighted by Crippen LogP contribution is -2.58. The smallest absolute Gasteiger partial charge is 0.303 e. The fourth-order valence-electron chi connectivity index (χ4n) is 8.63. The topological polar surface area (TPSA) is 52.6 Å². The number of carbonyl (C=O) groups excluding carboxylic acids is 2. The van der Waals surface area contributed by atoms with E-state index >= 15 is 0 Å². The molecular weight excluding hydrogens is 448 g/mol. The summed E-state index contributed by atoms with van der Waals surface area (Å²) in [6.45, 7) is 17.5. The molecule has 0 aromatic heterocycles. The van der Waals surface area contributed by atoms with Gasteiger partial charge in [-0.15, -0.1) is 0 Å². The summed E-state index contributed by atoms with van der Waals surface area (Å²) in [5, 5.41) is 0. The maximum Gasteiger partial charge on any atom is 0.303 e. The minimum Gasteiger partial charge on any atom is -0.462 e. The molecular formula is C32H50O4. The zero-order valence-electron chi connectivity index (χ0n) is 24.1. The van der Waals surface area contributed by atoms with E-state index in [4.69, 9.17) is 9.47 Å². The predicted molar refractivity (Wildman–Crippen MR) is 144 cm³/mol. The Labute approximate surface area is 219 Å². The molecule has 0 N–H and O–H groups in total. The van der Waals surface area contributed by atoms with E-state index in [0.717, 1.165) is 42.9 Å². The molecule has 8 unspecified atom stereocenters. The maximum absolute atomic E-state index is 12.3. The molecule has 4 rings (SSSR count). The van der Waals surface area contributed by atoms with E-state index in [0.29, 0.717) is 24.2 Å². The third-order valence-corrected chi connectivity index (χ3v) is 11.2. The minimum atomic E-state index is -0.640. The lowest BCUT2D eigenvalue weighted by atomic mass is 9.50. The number of fused-ring (bicyclic) bond motifs is 5. The first-order chi connectivity index (χ1) is 16.8. The Morgan fingerprint density at radius 2 is 1.69 bits per heavy atom. The molecule has 4 aliphatic carbocycles. The lowest BCUT2D eigenvalue weighted by molar-refractivity contribution is -0.190. The van der Waals surface area contributed by atoms with Crippen LogP contribution in [0, 0.1) is 40.4 Å². The van der Waals surface area contributed by atoms with E-state index in [9.17, 15) is 9.59 Å². The van der Waals surface area contributed by atoms with Crippen LogP contribution in [0.25, 0.3) is 0 Å². The molecule has 4 aliphatic rings. The fraction of sp³-hybridized carbons (Fsp3) is 0.812. The van der Waals surface area contributed by atoms with Crippen LogP contribution in [0.5, 0.6) is 0 Å². The Bertz CT molecular complexity index is 930. The van der Waals surface area contributed by atoms with E-state index < -0.39 is 5.60 Å². The van der Waals surface area contributed by atoms with Crippen LogP contribution in [-0.2, 0) is 19.1 Å². The summed E-state index contributed by atoms with van der Waals surface area (Å²) in [7, 11) is 0. The van der Waals surface area contributed by atoms with Crippen molar-refractivity contribution in [1.82, 2.24) is 0 Å². The van der Waals surface area contributed by atoms with Crippen molar-refractivity contribution in [2.45, 2.75) is 125 Å². The Balaban J connectivity index is 1.61. The second kappa shape index (κ2) is 9.95. The summed E-state index contributed by atoms with van der Waals surface area (Å²) in [6.07, 6.45) is 14.1. The molecule has 4 nitrogen and oxygen atoms in total. The van der Waals surface area contributed by atoms with Crippen LogP contribution < -0.4 is 0 Å². The van der Waals surface area contributed by atoms with Gasteiger partial charge in [-0.25, -0.2) is 0 Å². The van der Waals surface area contributed by atoms with Gasteiger partial charge in [0, 0.05) is 32.1 Å². The summed E-state index contributed by atoms with van der Waals surface area (Å²) in [6, 6.07) is 0. The molecule has 36 heavy (non-hydrogen) atoms. The average Bonchev–Trinajstić information content (AvgIpc) is 3.14. The number of hydrogen-bond donors (Lipinski definition) is 0. The molecule has 2 saturated carbocycles. The van der Waals surface area contributed by atoms with Gasteiger partial charge in [0.25, 0.3) is 0 Å². The van der Waals surface area contributed by atoms with Gasteiger partial charge in [0.15, 0.2) is 0 Å². The summed E-state index contributed by atoms with van der Waals surface area (Å²) in [5.41, 5.74) is 2.38. The standard InChI is InChI=1S/C32H50O4/c1-20(2)21(3)9-10-22(4)27-11-12-28-26-14-18-32(36-24(6)34)19-25(35-23(5)33)13-17-31(32,8)29(26)15-16-30(27,28)7/h14-15,20-22,25,27-28H,9-13,16-19H2,1-8H3. The first-order valence-electron chi connectivity index (χ1n) is 14.6. The zero-order chi connectivity index (χ0) is 26.5. The first-order valence-corrected chi connectivity index (χ1v) is 14.6. The Kier molecular flexibility index (Phi) is 7.59. The van der Waals surface area contributed by atoms with Crippen molar-refractivity contribution in [2.24, 2.45) is 40.4 Å². The molecule has 2 fully saturated rings. The van der Waals surface area contributed by atoms with Crippen molar-refractivity contribution in [3.05, 3.63) is 23.3 Å². The summed E-state index contributed by atoms with van der Waals surface area (Å²) >= 11 is 0. The molecule has 202 valence electrons. The van der Waals surface area contributed by atoms with E-state index in [1.165, 1.54) is 50.7 Å². The van der Waals surface area contributed by atoms with E-state index in [1.54, 1.807) is 0 Å². The van der Waals surface area contributed by atoms with Crippen molar-refractivity contribution in [2.75, 3.05) is 0 Å². The number of allylic oxidation sites excluding steroid dienone is 2. The highest BCUT2D eigenvalue weighted by Crippen LogP contribution is 2.66. The third kappa shape index (κ3) is 4.60. The number of carbonyl (C=O) groups is 2. The SMILES string of the molecule is CC(=O)OC1CCC2(C)C3=CCC4(C)C(CCC4C(C)CCC(C)C(C)C)C3=CCC2(OC(C)=O)C1. The minimum absolute atomic E-state index is 0.190. The highest BCUT2D eigenvalue weighted by Gasteiger charge is 2.62. The molecule has 0 spiro atoms. The Morgan fingerprint density at radius 1 is 0.972 bits per heavy atom. The van der Waals surface area contributed by atoms with E-state index in [1.807, 2.05) is 0 Å². The van der Waals surface area contributed by atoms with Crippen molar-refractivity contribution >= 4 is 11.9 Å². The second-order valence-corrected chi connectivity index (χ2v) is 13.6. The molecule has 0 aromatic rings. The van der Waals surface area contributed by atoms with Crippen LogP contribution in [-0.4, -0.2) is 23.6 Å². The highest BCUT2D eigenvalue weighted by atomic mass is 16.6. The van der Waals surface area contributed by atoms with Crippen LogP contribution in [0.1, 0.15) is 113 Å². The van der Waals surface area contributed by atoms with Gasteiger partial charge >= 0.3 is 11.9 Å². The zero-order valence-corrected chi connectivity index (χ0v) is 24.1. The molecule has 0 radical (unpaired) electrons. The summed E-state index contributed by atoms with van der Waals surface area (Å²) < 4.78 is 11.8. The number of hydrogen-bond acceptors (Lipinski definition) is 4. The van der Waals surface area contributed by atoms with Crippen molar-refractivity contribution in [3.8, 4) is 0 Å². The molecule has 0 amide bonds. The summed E-state index contributed by atoms with van der Waals surface area (Å²) in [5.74, 6) is 3.14. The average molecular weight is 499 g/mol. The van der Waals surface area contributed by atoms with Gasteiger partial charge in [-0.1, -0.05) is 66.5 Å². The molecule has 0 heterocycles. The van der Waals surface area contributed by atoms with Gasteiger partial charge in [0.2, 0.25) is 0 Å². The lowest BCUT2D eigenvalue weighted by Gasteiger charge is -2.58. The van der Waals surface area contributed by atoms with Gasteiger partial charge < -0.3 is 9.47 Å². The van der Waals surface area contributed by atoms with E-state index in [-0.39, 0.29) is 23.5 Å². The maximum atomic E-state index is 12.3. The van der Waals surface area contributed by atoms with Crippen molar-refractivity contribution < 1.29 is 19.1 Å². The molecule has 4 heteroatoms. The van der Waals surface area contributed by atoms with Crippen LogP contribution in [0.15, 0.2) is 23.3 Å². The molecule has 8 atom stereocenters. The third-order valence-electron chi connectivity index (χ3n) is 11.2. The number of rotatable bonds is 7. The van der Waals surface area contributed by atoms with Crippen LogP contribution in [0.2, 0.25) is 0 Å². The normalized spacial score (nSPS) is 39.2. The molecule has 0 bridgehead atoms. The van der Waals surface area contributed by atoms with Crippen molar-refractivity contribution in [1.29, 1.82) is 0 Å². The highest BCUT2D eigenvalue weighted by molar-refractivity contribution is 5.68. The Morgan fingerprint density at radius 3 is 2.33 bits per heavy atom. The molecule has 0 aromatic carbocycles. The van der Waals surface area contributed by atoms with Gasteiger partial charge in [-0.2, -0.15) is 0 Å². The number of ether oxygens (including phenoxy) is 2. The van der Waals surface area contributed by atoms with Gasteiger partial charge in [-0.05, 0) is 78.3 Å². The first kappa shape index (κ1) is 27.5. The van der Waals surface area contributed by atoms with Gasteiger partial charge in [0.05, 0.1) is 0 Å². The quantitative estimate of drug-likeness (QED) is 0.336.